The summed E-state index contributed by atoms with van der Waals surface area (Å²) in [5.41, 5.74) is 2.27. The number of rotatable bonds is 2. The number of aliphatic hydroxyl groups excluding tert-OH is 1. The molecule has 1 N–H and O–H groups in total. The third-order valence-corrected chi connectivity index (χ3v) is 4.61. The normalized spacial score (nSPS) is 24.2. The van der Waals surface area contributed by atoms with Crippen LogP contribution in [0.1, 0.15) is 22.6 Å². The summed E-state index contributed by atoms with van der Waals surface area (Å²) in [4.78, 5) is 0. The molecule has 2 aromatic carbocycles. The van der Waals surface area contributed by atoms with Crippen LogP contribution in [0.25, 0.3) is 11.6 Å². The minimum atomic E-state index is -4.82. The van der Waals surface area contributed by atoms with E-state index in [2.05, 4.69) is 4.74 Å². The van der Waals surface area contributed by atoms with Crippen molar-refractivity contribution in [3.8, 4) is 5.75 Å². The molecule has 0 radical (unpaired) electrons. The largest absolute Gasteiger partial charge is 0.573 e. The molecule has 2 aliphatic rings. The van der Waals surface area contributed by atoms with Gasteiger partial charge in [-0.1, -0.05) is 48.5 Å². The van der Waals surface area contributed by atoms with E-state index in [-0.39, 0.29) is 23.0 Å². The maximum absolute atomic E-state index is 12.7. The number of alkyl halides is 3. The van der Waals surface area contributed by atoms with Crippen molar-refractivity contribution >= 4 is 11.6 Å². The van der Waals surface area contributed by atoms with Crippen molar-refractivity contribution in [3.63, 3.8) is 0 Å². The number of para-hydroxylation sites is 1. The average molecular weight is 360 g/mol. The van der Waals surface area contributed by atoms with E-state index in [0.717, 1.165) is 11.1 Å². The van der Waals surface area contributed by atoms with Crippen LogP contribution in [0.4, 0.5) is 13.2 Å². The first-order valence-corrected chi connectivity index (χ1v) is 8.10. The third-order valence-electron chi connectivity index (χ3n) is 4.61. The van der Waals surface area contributed by atoms with Gasteiger partial charge in [0.1, 0.15) is 11.9 Å². The molecular weight excluding hydrogens is 345 g/mol. The molecule has 3 unspecified atom stereocenters. The Labute approximate surface area is 148 Å². The van der Waals surface area contributed by atoms with Gasteiger partial charge in [-0.2, -0.15) is 0 Å². The summed E-state index contributed by atoms with van der Waals surface area (Å²) in [6.07, 6.45) is -1.13. The van der Waals surface area contributed by atoms with Crippen LogP contribution in [-0.4, -0.2) is 23.7 Å². The van der Waals surface area contributed by atoms with E-state index in [1.807, 2.05) is 36.4 Å². The summed E-state index contributed by atoms with van der Waals surface area (Å²) in [7, 11) is 0. The molecule has 134 valence electrons. The number of hydrogen-bond donors (Lipinski definition) is 1. The van der Waals surface area contributed by atoms with E-state index in [0.29, 0.717) is 0 Å². The highest BCUT2D eigenvalue weighted by molar-refractivity contribution is 5.75. The summed E-state index contributed by atoms with van der Waals surface area (Å²) in [6, 6.07) is 13.3. The second-order valence-corrected chi connectivity index (χ2v) is 6.18. The van der Waals surface area contributed by atoms with Crippen LogP contribution in [0.3, 0.4) is 0 Å². The minimum absolute atomic E-state index is 0.155. The lowest BCUT2D eigenvalue weighted by atomic mass is 9.77. The van der Waals surface area contributed by atoms with E-state index in [1.165, 1.54) is 24.5 Å². The van der Waals surface area contributed by atoms with Gasteiger partial charge in [0.15, 0.2) is 0 Å². The molecule has 3 atom stereocenters. The molecule has 6 heteroatoms. The predicted octanol–water partition coefficient (Wildman–Crippen LogP) is 4.50. The number of aliphatic hydroxyl groups is 1. The molecule has 0 saturated carbocycles. The van der Waals surface area contributed by atoms with Crippen LogP contribution in [0.2, 0.25) is 0 Å². The van der Waals surface area contributed by atoms with Gasteiger partial charge >= 0.3 is 6.36 Å². The molecule has 2 aromatic rings. The standard InChI is InChI=1S/C20H15F3O3/c21-20(22,23)26-16-8-4-3-7-14(16)15-11-25-17-10-9-12-5-1-2-6-13(12)18(17)19(15)24/h1-11,17-19,24H. The van der Waals surface area contributed by atoms with Gasteiger partial charge in [-0.3, -0.25) is 0 Å². The highest BCUT2D eigenvalue weighted by Gasteiger charge is 2.40. The van der Waals surface area contributed by atoms with Crippen LogP contribution in [0, 0.1) is 0 Å². The zero-order valence-electron chi connectivity index (χ0n) is 13.5. The van der Waals surface area contributed by atoms with Crippen LogP contribution in [-0.2, 0) is 4.74 Å². The summed E-state index contributed by atoms with van der Waals surface area (Å²) >= 11 is 0. The fourth-order valence-corrected chi connectivity index (χ4v) is 3.50. The highest BCUT2D eigenvalue weighted by atomic mass is 19.4. The first kappa shape index (κ1) is 16.7. The fourth-order valence-electron chi connectivity index (χ4n) is 3.50. The summed E-state index contributed by atoms with van der Waals surface area (Å²) in [5, 5.41) is 11.0. The van der Waals surface area contributed by atoms with Gasteiger partial charge in [0.25, 0.3) is 0 Å². The number of ether oxygens (including phenoxy) is 2. The molecule has 0 saturated heterocycles. The average Bonchev–Trinajstić information content (AvgIpc) is 2.61. The van der Waals surface area contributed by atoms with E-state index >= 15 is 0 Å². The zero-order chi connectivity index (χ0) is 18.3. The zero-order valence-corrected chi connectivity index (χ0v) is 13.5. The van der Waals surface area contributed by atoms with Crippen molar-refractivity contribution in [1.29, 1.82) is 0 Å². The third kappa shape index (κ3) is 2.97. The molecule has 0 bridgehead atoms. The van der Waals surface area contributed by atoms with Crippen molar-refractivity contribution < 1.29 is 27.8 Å². The van der Waals surface area contributed by atoms with Gasteiger partial charge in [-0.15, -0.1) is 13.2 Å². The van der Waals surface area contributed by atoms with Crippen molar-refractivity contribution in [1.82, 2.24) is 0 Å². The van der Waals surface area contributed by atoms with E-state index in [4.69, 9.17) is 4.74 Å². The first-order valence-electron chi connectivity index (χ1n) is 8.10. The molecule has 26 heavy (non-hydrogen) atoms. The Morgan fingerprint density at radius 2 is 1.73 bits per heavy atom. The van der Waals surface area contributed by atoms with Gasteiger partial charge in [0.2, 0.25) is 0 Å². The molecule has 0 amide bonds. The Kier molecular flexibility index (Phi) is 4.00. The second kappa shape index (κ2) is 6.21. The molecule has 0 aromatic heterocycles. The van der Waals surface area contributed by atoms with E-state index < -0.39 is 18.4 Å². The smallest absolute Gasteiger partial charge is 0.493 e. The quantitative estimate of drug-likeness (QED) is 0.857. The Bertz CT molecular complexity index is 886. The Hall–Kier alpha value is -2.73. The van der Waals surface area contributed by atoms with Gasteiger partial charge in [-0.25, -0.2) is 0 Å². The number of fused-ring (bicyclic) bond motifs is 3. The van der Waals surface area contributed by atoms with Crippen LogP contribution >= 0.6 is 0 Å². The maximum atomic E-state index is 12.7. The summed E-state index contributed by atoms with van der Waals surface area (Å²) in [5.74, 6) is -0.776. The second-order valence-electron chi connectivity index (χ2n) is 6.18. The fraction of sp³-hybridized carbons (Fsp3) is 0.200. The Balaban J connectivity index is 1.75. The topological polar surface area (TPSA) is 38.7 Å². The lowest BCUT2D eigenvalue weighted by Gasteiger charge is -2.37. The molecule has 1 aliphatic heterocycles. The Morgan fingerprint density at radius 1 is 1.00 bits per heavy atom. The first-order chi connectivity index (χ1) is 12.4. The molecule has 0 fully saturated rings. The van der Waals surface area contributed by atoms with Crippen LogP contribution < -0.4 is 4.74 Å². The lowest BCUT2D eigenvalue weighted by Crippen LogP contribution is -2.36. The SMILES string of the molecule is OC1C(c2ccccc2OC(F)(F)F)=COC2C=Cc3ccccc3C21. The van der Waals surface area contributed by atoms with Gasteiger partial charge in [-0.05, 0) is 23.3 Å². The molecule has 1 aliphatic carbocycles. The van der Waals surface area contributed by atoms with Gasteiger partial charge in [0.05, 0.1) is 18.3 Å². The lowest BCUT2D eigenvalue weighted by molar-refractivity contribution is -0.274. The van der Waals surface area contributed by atoms with Crippen molar-refractivity contribution in [2.75, 3.05) is 0 Å². The molecular formula is C20H15F3O3. The number of hydrogen-bond acceptors (Lipinski definition) is 3. The highest BCUT2D eigenvalue weighted by Crippen LogP contribution is 2.44. The van der Waals surface area contributed by atoms with Crippen molar-refractivity contribution in [3.05, 3.63) is 77.6 Å². The van der Waals surface area contributed by atoms with Gasteiger partial charge in [0, 0.05) is 11.1 Å². The van der Waals surface area contributed by atoms with Crippen molar-refractivity contribution in [2.45, 2.75) is 24.5 Å². The number of benzene rings is 2. The molecule has 4 rings (SSSR count). The summed E-state index contributed by atoms with van der Waals surface area (Å²) in [6.45, 7) is 0. The van der Waals surface area contributed by atoms with Gasteiger partial charge < -0.3 is 14.6 Å². The molecule has 3 nitrogen and oxygen atoms in total. The van der Waals surface area contributed by atoms with Crippen LogP contribution in [0.5, 0.6) is 5.75 Å². The monoisotopic (exact) mass is 360 g/mol. The summed E-state index contributed by atoms with van der Waals surface area (Å²) < 4.78 is 48.0. The minimum Gasteiger partial charge on any atom is -0.493 e. The van der Waals surface area contributed by atoms with E-state index in [9.17, 15) is 18.3 Å². The molecule has 0 spiro atoms. The molecule has 1 heterocycles. The maximum Gasteiger partial charge on any atom is 0.573 e. The number of halogens is 3. The predicted molar refractivity (Wildman–Crippen MR) is 90.2 cm³/mol. The van der Waals surface area contributed by atoms with E-state index in [1.54, 1.807) is 6.07 Å². The van der Waals surface area contributed by atoms with Crippen LogP contribution in [0.15, 0.2) is 60.9 Å². The Morgan fingerprint density at radius 3 is 2.54 bits per heavy atom. The van der Waals surface area contributed by atoms with Crippen molar-refractivity contribution in [2.24, 2.45) is 0 Å².